The van der Waals surface area contributed by atoms with Crippen LogP contribution in [-0.2, 0) is 6.54 Å². The van der Waals surface area contributed by atoms with Gasteiger partial charge in [0.25, 0.3) is 0 Å². The molecule has 0 atom stereocenters. The Morgan fingerprint density at radius 3 is 2.76 bits per heavy atom. The Morgan fingerprint density at radius 2 is 2.06 bits per heavy atom. The quantitative estimate of drug-likeness (QED) is 0.869. The van der Waals surface area contributed by atoms with Gasteiger partial charge < -0.3 is 5.11 Å². The third kappa shape index (κ3) is 4.03. The highest BCUT2D eigenvalue weighted by atomic mass is 32.1. The zero-order valence-corrected chi connectivity index (χ0v) is 11.2. The minimum Gasteiger partial charge on any atom is -0.395 e. The zero-order chi connectivity index (χ0) is 12.1. The van der Waals surface area contributed by atoms with Crippen molar-refractivity contribution in [2.24, 2.45) is 0 Å². The molecule has 1 aliphatic rings. The summed E-state index contributed by atoms with van der Waals surface area (Å²) in [6.07, 6.45) is 1.18. The van der Waals surface area contributed by atoms with Crippen molar-refractivity contribution in [1.29, 1.82) is 0 Å². The summed E-state index contributed by atoms with van der Waals surface area (Å²) in [6.45, 7) is 8.49. The molecule has 0 radical (unpaired) electrons. The van der Waals surface area contributed by atoms with Gasteiger partial charge in [-0.25, -0.2) is 4.98 Å². The highest BCUT2D eigenvalue weighted by Gasteiger charge is 2.15. The lowest BCUT2D eigenvalue weighted by Crippen LogP contribution is -2.32. The molecule has 1 N–H and O–H groups in total. The van der Waals surface area contributed by atoms with Crippen molar-refractivity contribution >= 4 is 11.3 Å². The van der Waals surface area contributed by atoms with Crippen molar-refractivity contribution in [2.75, 3.05) is 39.3 Å². The molecule has 1 fully saturated rings. The van der Waals surface area contributed by atoms with Crippen molar-refractivity contribution in [3.8, 4) is 0 Å². The number of hydrogen-bond acceptors (Lipinski definition) is 5. The molecule has 0 aromatic carbocycles. The second-order valence-electron chi connectivity index (χ2n) is 4.58. The van der Waals surface area contributed by atoms with Gasteiger partial charge in [0.2, 0.25) is 0 Å². The van der Waals surface area contributed by atoms with Crippen LogP contribution >= 0.6 is 11.3 Å². The van der Waals surface area contributed by atoms with Crippen LogP contribution in [0.3, 0.4) is 0 Å². The average Bonchev–Trinajstić information content (AvgIpc) is 2.58. The molecule has 0 bridgehead atoms. The van der Waals surface area contributed by atoms with E-state index in [9.17, 15) is 0 Å². The van der Waals surface area contributed by atoms with Gasteiger partial charge in [-0.2, -0.15) is 0 Å². The molecule has 0 amide bonds. The molecular formula is C12H21N3OS. The van der Waals surface area contributed by atoms with E-state index in [1.165, 1.54) is 11.4 Å². The fourth-order valence-electron chi connectivity index (χ4n) is 2.21. The van der Waals surface area contributed by atoms with Gasteiger partial charge in [-0.15, -0.1) is 11.3 Å². The number of rotatable bonds is 4. The summed E-state index contributed by atoms with van der Waals surface area (Å²) in [5.74, 6) is 0. The topological polar surface area (TPSA) is 39.6 Å². The van der Waals surface area contributed by atoms with Crippen LogP contribution in [0.15, 0.2) is 5.38 Å². The minimum atomic E-state index is 0.270. The zero-order valence-electron chi connectivity index (χ0n) is 10.4. The molecule has 96 valence electrons. The maximum absolute atomic E-state index is 8.95. The third-order valence-electron chi connectivity index (χ3n) is 3.12. The van der Waals surface area contributed by atoms with Crippen LogP contribution in [-0.4, -0.2) is 59.2 Å². The lowest BCUT2D eigenvalue weighted by molar-refractivity contribution is 0.196. The van der Waals surface area contributed by atoms with Gasteiger partial charge in [0.05, 0.1) is 13.2 Å². The second-order valence-corrected chi connectivity index (χ2v) is 5.52. The summed E-state index contributed by atoms with van der Waals surface area (Å²) < 4.78 is 0. The van der Waals surface area contributed by atoms with E-state index in [0.717, 1.165) is 45.0 Å². The Labute approximate surface area is 107 Å². The summed E-state index contributed by atoms with van der Waals surface area (Å²) >= 11 is 1.75. The van der Waals surface area contributed by atoms with Gasteiger partial charge in [-0.1, -0.05) is 0 Å². The molecule has 2 rings (SSSR count). The fraction of sp³-hybridized carbons (Fsp3) is 0.750. The highest BCUT2D eigenvalue weighted by Crippen LogP contribution is 2.13. The largest absolute Gasteiger partial charge is 0.395 e. The van der Waals surface area contributed by atoms with Crippen LogP contribution < -0.4 is 0 Å². The maximum atomic E-state index is 8.95. The van der Waals surface area contributed by atoms with Crippen molar-refractivity contribution in [3.63, 3.8) is 0 Å². The van der Waals surface area contributed by atoms with Crippen molar-refractivity contribution in [1.82, 2.24) is 14.8 Å². The molecule has 0 unspecified atom stereocenters. The monoisotopic (exact) mass is 255 g/mol. The molecule has 5 heteroatoms. The SMILES string of the molecule is Cc1csc(CN2CCCN(CCO)CC2)n1. The summed E-state index contributed by atoms with van der Waals surface area (Å²) in [4.78, 5) is 9.32. The van der Waals surface area contributed by atoms with Crippen LogP contribution in [0.1, 0.15) is 17.1 Å². The Kier molecular flexibility index (Phi) is 4.91. The number of thiazole rings is 1. The number of hydrogen-bond donors (Lipinski definition) is 1. The molecule has 1 saturated heterocycles. The van der Waals surface area contributed by atoms with Gasteiger partial charge in [0.1, 0.15) is 5.01 Å². The van der Waals surface area contributed by atoms with E-state index in [2.05, 4.69) is 20.2 Å². The van der Waals surface area contributed by atoms with E-state index in [-0.39, 0.29) is 6.61 Å². The summed E-state index contributed by atoms with van der Waals surface area (Å²) in [7, 11) is 0. The van der Waals surface area contributed by atoms with Crippen LogP contribution in [0.5, 0.6) is 0 Å². The van der Waals surface area contributed by atoms with Crippen molar-refractivity contribution < 1.29 is 5.11 Å². The number of β-amino-alcohol motifs (C(OH)–C–C–N with tert-alkyl or cyclic N) is 1. The molecule has 1 aromatic heterocycles. The molecule has 0 spiro atoms. The first-order valence-corrected chi connectivity index (χ1v) is 7.12. The number of aliphatic hydroxyl groups is 1. The predicted molar refractivity (Wildman–Crippen MR) is 70.3 cm³/mol. The van der Waals surface area contributed by atoms with E-state index < -0.39 is 0 Å². The Hall–Kier alpha value is -0.490. The first-order chi connectivity index (χ1) is 8.28. The van der Waals surface area contributed by atoms with Crippen LogP contribution in [0.2, 0.25) is 0 Å². The van der Waals surface area contributed by atoms with Gasteiger partial charge in [-0.3, -0.25) is 9.80 Å². The normalized spacial score (nSPS) is 19.4. The van der Waals surface area contributed by atoms with Gasteiger partial charge >= 0.3 is 0 Å². The van der Waals surface area contributed by atoms with Crippen molar-refractivity contribution in [3.05, 3.63) is 16.1 Å². The molecule has 1 aliphatic heterocycles. The number of aliphatic hydroxyl groups excluding tert-OH is 1. The van der Waals surface area contributed by atoms with Crippen LogP contribution in [0, 0.1) is 6.92 Å². The van der Waals surface area contributed by atoms with E-state index in [0.29, 0.717) is 0 Å². The lowest BCUT2D eigenvalue weighted by atomic mass is 10.4. The van der Waals surface area contributed by atoms with Gasteiger partial charge in [0, 0.05) is 30.7 Å². The van der Waals surface area contributed by atoms with E-state index in [1.807, 2.05) is 6.92 Å². The first kappa shape index (κ1) is 13.0. The molecule has 4 nitrogen and oxygen atoms in total. The van der Waals surface area contributed by atoms with Crippen LogP contribution in [0.4, 0.5) is 0 Å². The second kappa shape index (κ2) is 6.44. The molecule has 17 heavy (non-hydrogen) atoms. The minimum absolute atomic E-state index is 0.270. The Balaban J connectivity index is 1.82. The molecular weight excluding hydrogens is 234 g/mol. The Bertz CT molecular complexity index is 342. The fourth-order valence-corrected chi connectivity index (χ4v) is 3.03. The standard InChI is InChI=1S/C12H21N3OS/c1-11-10-17-12(13-11)9-15-4-2-3-14(5-6-15)7-8-16/h10,16H,2-9H2,1H3. The van der Waals surface area contributed by atoms with E-state index >= 15 is 0 Å². The molecule has 2 heterocycles. The van der Waals surface area contributed by atoms with Gasteiger partial charge in [-0.05, 0) is 26.4 Å². The molecule has 0 saturated carbocycles. The summed E-state index contributed by atoms with van der Waals surface area (Å²) in [6, 6.07) is 0. The molecule has 1 aromatic rings. The van der Waals surface area contributed by atoms with E-state index in [4.69, 9.17) is 5.11 Å². The Morgan fingerprint density at radius 1 is 1.29 bits per heavy atom. The third-order valence-corrected chi connectivity index (χ3v) is 4.07. The number of aryl methyl sites for hydroxylation is 1. The number of aromatic nitrogens is 1. The summed E-state index contributed by atoms with van der Waals surface area (Å²) in [5, 5.41) is 12.3. The predicted octanol–water partition coefficient (Wildman–Crippen LogP) is 0.952. The van der Waals surface area contributed by atoms with Crippen molar-refractivity contribution in [2.45, 2.75) is 19.9 Å². The lowest BCUT2D eigenvalue weighted by Gasteiger charge is -2.20. The van der Waals surface area contributed by atoms with Crippen LogP contribution in [0.25, 0.3) is 0 Å². The van der Waals surface area contributed by atoms with Gasteiger partial charge in [0.15, 0.2) is 0 Å². The smallest absolute Gasteiger partial charge is 0.107 e. The maximum Gasteiger partial charge on any atom is 0.107 e. The van der Waals surface area contributed by atoms with E-state index in [1.54, 1.807) is 11.3 Å². The average molecular weight is 255 g/mol. The first-order valence-electron chi connectivity index (χ1n) is 6.24. The highest BCUT2D eigenvalue weighted by molar-refractivity contribution is 7.09. The number of nitrogens with zero attached hydrogens (tertiary/aromatic N) is 3. The summed E-state index contributed by atoms with van der Waals surface area (Å²) in [5.41, 5.74) is 1.13. The molecule has 0 aliphatic carbocycles.